The fourth-order valence-corrected chi connectivity index (χ4v) is 1.64. The van der Waals surface area contributed by atoms with Gasteiger partial charge in [-0.15, -0.1) is 0 Å². The summed E-state index contributed by atoms with van der Waals surface area (Å²) in [6.45, 7) is 5.22. The minimum Gasteiger partial charge on any atom is -0.488 e. The van der Waals surface area contributed by atoms with Crippen molar-refractivity contribution in [3.8, 4) is 5.75 Å². The van der Waals surface area contributed by atoms with Gasteiger partial charge in [-0.05, 0) is 32.0 Å². The first-order valence-corrected chi connectivity index (χ1v) is 6.31. The SMILES string of the molecule is CC(C)n1cc(OCCNc2cccc(F)c2)cn1. The molecule has 19 heavy (non-hydrogen) atoms. The van der Waals surface area contributed by atoms with Gasteiger partial charge in [0.15, 0.2) is 5.75 Å². The summed E-state index contributed by atoms with van der Waals surface area (Å²) in [6, 6.07) is 6.69. The Morgan fingerprint density at radius 3 is 2.95 bits per heavy atom. The van der Waals surface area contributed by atoms with E-state index < -0.39 is 0 Å². The minimum atomic E-state index is -0.246. The monoisotopic (exact) mass is 263 g/mol. The Kier molecular flexibility index (Phi) is 4.39. The second kappa shape index (κ2) is 6.22. The maximum Gasteiger partial charge on any atom is 0.157 e. The summed E-state index contributed by atoms with van der Waals surface area (Å²) in [4.78, 5) is 0. The van der Waals surface area contributed by atoms with Gasteiger partial charge in [-0.1, -0.05) is 6.07 Å². The van der Waals surface area contributed by atoms with Crippen LogP contribution in [0.25, 0.3) is 0 Å². The highest BCUT2D eigenvalue weighted by Gasteiger charge is 2.02. The largest absolute Gasteiger partial charge is 0.488 e. The summed E-state index contributed by atoms with van der Waals surface area (Å²) in [7, 11) is 0. The van der Waals surface area contributed by atoms with E-state index in [2.05, 4.69) is 24.3 Å². The molecule has 1 heterocycles. The summed E-state index contributed by atoms with van der Waals surface area (Å²) in [5, 5.41) is 7.28. The van der Waals surface area contributed by atoms with E-state index in [4.69, 9.17) is 4.74 Å². The van der Waals surface area contributed by atoms with Crippen molar-refractivity contribution in [2.75, 3.05) is 18.5 Å². The predicted octanol–water partition coefficient (Wildman–Crippen LogP) is 3.09. The highest BCUT2D eigenvalue weighted by atomic mass is 19.1. The van der Waals surface area contributed by atoms with Gasteiger partial charge in [0, 0.05) is 18.3 Å². The van der Waals surface area contributed by atoms with Crippen LogP contribution in [0.3, 0.4) is 0 Å². The molecule has 0 amide bonds. The maximum absolute atomic E-state index is 12.9. The number of ether oxygens (including phenoxy) is 1. The van der Waals surface area contributed by atoms with E-state index >= 15 is 0 Å². The zero-order valence-corrected chi connectivity index (χ0v) is 11.1. The third-order valence-corrected chi connectivity index (χ3v) is 2.63. The lowest BCUT2D eigenvalue weighted by atomic mass is 10.3. The fourth-order valence-electron chi connectivity index (χ4n) is 1.64. The first kappa shape index (κ1) is 13.4. The Morgan fingerprint density at radius 2 is 2.26 bits per heavy atom. The Hall–Kier alpha value is -2.04. The molecular weight excluding hydrogens is 245 g/mol. The van der Waals surface area contributed by atoms with Crippen molar-refractivity contribution in [1.82, 2.24) is 9.78 Å². The molecule has 0 aliphatic carbocycles. The smallest absolute Gasteiger partial charge is 0.157 e. The molecule has 2 aromatic rings. The fraction of sp³-hybridized carbons (Fsp3) is 0.357. The number of halogens is 1. The third kappa shape index (κ3) is 3.98. The molecule has 0 aliphatic heterocycles. The van der Waals surface area contributed by atoms with E-state index in [1.807, 2.05) is 16.9 Å². The molecule has 1 aromatic heterocycles. The molecule has 0 spiro atoms. The Bertz CT molecular complexity index is 525. The van der Waals surface area contributed by atoms with Gasteiger partial charge >= 0.3 is 0 Å². The first-order chi connectivity index (χ1) is 9.15. The number of rotatable bonds is 6. The van der Waals surface area contributed by atoms with Gasteiger partial charge in [0.25, 0.3) is 0 Å². The van der Waals surface area contributed by atoms with Crippen molar-refractivity contribution in [3.63, 3.8) is 0 Å². The van der Waals surface area contributed by atoms with Crippen LogP contribution >= 0.6 is 0 Å². The number of anilines is 1. The van der Waals surface area contributed by atoms with Crippen molar-refractivity contribution < 1.29 is 9.13 Å². The molecular formula is C14H18FN3O. The van der Waals surface area contributed by atoms with E-state index in [0.29, 0.717) is 19.2 Å². The molecule has 4 nitrogen and oxygen atoms in total. The molecule has 5 heteroatoms. The zero-order valence-electron chi connectivity index (χ0n) is 11.1. The molecule has 0 unspecified atom stereocenters. The van der Waals surface area contributed by atoms with Crippen LogP contribution < -0.4 is 10.1 Å². The van der Waals surface area contributed by atoms with Crippen molar-refractivity contribution >= 4 is 5.69 Å². The molecule has 0 radical (unpaired) electrons. The number of nitrogens with zero attached hydrogens (tertiary/aromatic N) is 2. The van der Waals surface area contributed by atoms with Crippen LogP contribution in [-0.4, -0.2) is 22.9 Å². The molecule has 0 aliphatic rings. The number of benzene rings is 1. The number of hydrogen-bond donors (Lipinski definition) is 1. The minimum absolute atomic E-state index is 0.246. The van der Waals surface area contributed by atoms with Gasteiger partial charge in [0.1, 0.15) is 12.4 Å². The average molecular weight is 263 g/mol. The topological polar surface area (TPSA) is 39.1 Å². The van der Waals surface area contributed by atoms with Crippen LogP contribution in [0.4, 0.5) is 10.1 Å². The maximum atomic E-state index is 12.9. The molecule has 0 saturated heterocycles. The Morgan fingerprint density at radius 1 is 1.42 bits per heavy atom. The zero-order chi connectivity index (χ0) is 13.7. The van der Waals surface area contributed by atoms with Crippen molar-refractivity contribution in [3.05, 3.63) is 42.5 Å². The second-order valence-corrected chi connectivity index (χ2v) is 4.54. The third-order valence-electron chi connectivity index (χ3n) is 2.63. The van der Waals surface area contributed by atoms with Gasteiger partial charge in [-0.25, -0.2) is 4.39 Å². The van der Waals surface area contributed by atoms with Gasteiger partial charge in [-0.2, -0.15) is 5.10 Å². The van der Waals surface area contributed by atoms with Crippen molar-refractivity contribution in [2.45, 2.75) is 19.9 Å². The molecule has 0 atom stereocenters. The number of aromatic nitrogens is 2. The van der Waals surface area contributed by atoms with Crippen LogP contribution in [0.2, 0.25) is 0 Å². The molecule has 102 valence electrons. The molecule has 2 rings (SSSR count). The average Bonchev–Trinajstić information content (AvgIpc) is 2.84. The summed E-state index contributed by atoms with van der Waals surface area (Å²) >= 11 is 0. The van der Waals surface area contributed by atoms with E-state index in [9.17, 15) is 4.39 Å². The van der Waals surface area contributed by atoms with E-state index in [1.54, 1.807) is 12.3 Å². The van der Waals surface area contributed by atoms with Crippen LogP contribution in [-0.2, 0) is 0 Å². The molecule has 1 N–H and O–H groups in total. The summed E-state index contributed by atoms with van der Waals surface area (Å²) in [5.41, 5.74) is 0.751. The lowest BCUT2D eigenvalue weighted by Crippen LogP contribution is -2.11. The second-order valence-electron chi connectivity index (χ2n) is 4.54. The van der Waals surface area contributed by atoms with Gasteiger partial charge in [-0.3, -0.25) is 4.68 Å². The van der Waals surface area contributed by atoms with Crippen molar-refractivity contribution in [1.29, 1.82) is 0 Å². The van der Waals surface area contributed by atoms with Gasteiger partial charge in [0.05, 0.1) is 12.4 Å². The lowest BCUT2D eigenvalue weighted by Gasteiger charge is -2.07. The number of nitrogens with one attached hydrogen (secondary N) is 1. The summed E-state index contributed by atoms with van der Waals surface area (Å²) in [5.74, 6) is 0.499. The van der Waals surface area contributed by atoms with Gasteiger partial charge < -0.3 is 10.1 Å². The lowest BCUT2D eigenvalue weighted by molar-refractivity contribution is 0.332. The summed E-state index contributed by atoms with van der Waals surface area (Å²) in [6.07, 6.45) is 3.56. The normalized spacial score (nSPS) is 10.7. The Balaban J connectivity index is 1.74. The van der Waals surface area contributed by atoms with Crippen LogP contribution in [0.15, 0.2) is 36.7 Å². The van der Waals surface area contributed by atoms with Gasteiger partial charge in [0.2, 0.25) is 0 Å². The number of hydrogen-bond acceptors (Lipinski definition) is 3. The van der Waals surface area contributed by atoms with E-state index in [-0.39, 0.29) is 5.82 Å². The van der Waals surface area contributed by atoms with E-state index in [1.165, 1.54) is 12.1 Å². The standard InChI is InChI=1S/C14H18FN3O/c1-11(2)18-10-14(9-17-18)19-7-6-16-13-5-3-4-12(15)8-13/h3-5,8-11,16H,6-7H2,1-2H3. The van der Waals surface area contributed by atoms with E-state index in [0.717, 1.165) is 11.4 Å². The Labute approximate surface area is 112 Å². The molecule has 1 aromatic carbocycles. The molecule has 0 bridgehead atoms. The first-order valence-electron chi connectivity index (χ1n) is 6.31. The molecule has 0 fully saturated rings. The highest BCUT2D eigenvalue weighted by Crippen LogP contribution is 2.12. The van der Waals surface area contributed by atoms with Crippen LogP contribution in [0.1, 0.15) is 19.9 Å². The van der Waals surface area contributed by atoms with Crippen LogP contribution in [0.5, 0.6) is 5.75 Å². The van der Waals surface area contributed by atoms with Crippen molar-refractivity contribution in [2.24, 2.45) is 0 Å². The quantitative estimate of drug-likeness (QED) is 0.814. The predicted molar refractivity (Wildman–Crippen MR) is 73.0 cm³/mol. The molecule has 0 saturated carbocycles. The highest BCUT2D eigenvalue weighted by molar-refractivity contribution is 5.42. The van der Waals surface area contributed by atoms with Crippen LogP contribution in [0, 0.1) is 5.82 Å². The summed E-state index contributed by atoms with van der Waals surface area (Å²) < 4.78 is 20.3.